The molecule has 1 N–H and O–H groups in total. The minimum absolute atomic E-state index is 1.16. The van der Waals surface area contributed by atoms with E-state index in [9.17, 15) is 0 Å². The lowest BCUT2D eigenvalue weighted by molar-refractivity contribution is 0.306. The highest BCUT2D eigenvalue weighted by Crippen LogP contribution is 1.93. The normalized spacial score (nSPS) is 25.0. The van der Waals surface area contributed by atoms with Gasteiger partial charge in [0.15, 0.2) is 0 Å². The molecule has 1 saturated heterocycles. The van der Waals surface area contributed by atoms with Crippen molar-refractivity contribution in [1.82, 2.24) is 10.2 Å². The van der Waals surface area contributed by atoms with Crippen molar-refractivity contribution in [2.45, 2.75) is 12.8 Å². The average molecular weight is 128 g/mol. The Hall–Kier alpha value is -0.0800. The van der Waals surface area contributed by atoms with E-state index in [-0.39, 0.29) is 0 Å². The van der Waals surface area contributed by atoms with Gasteiger partial charge in [0.05, 0.1) is 0 Å². The Morgan fingerprint density at radius 2 is 2.00 bits per heavy atom. The third-order valence-corrected chi connectivity index (χ3v) is 1.81. The molecule has 0 aromatic heterocycles. The number of hydrogen-bond acceptors (Lipinski definition) is 2. The first-order chi connectivity index (χ1) is 4.39. The van der Waals surface area contributed by atoms with Crippen molar-refractivity contribution in [1.29, 1.82) is 0 Å². The van der Waals surface area contributed by atoms with Crippen molar-refractivity contribution in [3.05, 3.63) is 0 Å². The molecule has 0 saturated carbocycles. The van der Waals surface area contributed by atoms with E-state index in [0.717, 1.165) is 6.54 Å². The molecule has 0 unspecified atom stereocenters. The highest BCUT2D eigenvalue weighted by Gasteiger charge is 2.00. The van der Waals surface area contributed by atoms with Gasteiger partial charge in [-0.05, 0) is 33.0 Å². The van der Waals surface area contributed by atoms with Crippen LogP contribution >= 0.6 is 0 Å². The zero-order valence-corrected chi connectivity index (χ0v) is 6.19. The molecule has 0 radical (unpaired) electrons. The van der Waals surface area contributed by atoms with Gasteiger partial charge >= 0.3 is 0 Å². The lowest BCUT2D eigenvalue weighted by Gasteiger charge is -2.19. The molecule has 1 aliphatic heterocycles. The predicted molar refractivity (Wildman–Crippen MR) is 39.6 cm³/mol. The maximum absolute atomic E-state index is 3.38. The highest BCUT2D eigenvalue weighted by atomic mass is 15.1. The summed E-state index contributed by atoms with van der Waals surface area (Å²) in [5.41, 5.74) is 0. The van der Waals surface area contributed by atoms with Gasteiger partial charge in [-0.1, -0.05) is 0 Å². The summed E-state index contributed by atoms with van der Waals surface area (Å²) in [7, 11) is 2.19. The number of rotatable bonds is 0. The SMILES string of the molecule is CN1CCCCNCC1. The Kier molecular flexibility index (Phi) is 3.01. The third kappa shape index (κ3) is 2.82. The summed E-state index contributed by atoms with van der Waals surface area (Å²) in [4.78, 5) is 2.38. The Bertz CT molecular complexity index is 65.3. The summed E-state index contributed by atoms with van der Waals surface area (Å²) >= 11 is 0. The monoisotopic (exact) mass is 128 g/mol. The molecule has 0 amide bonds. The first-order valence-electron chi connectivity index (χ1n) is 3.79. The lowest BCUT2D eigenvalue weighted by atomic mass is 10.2. The molecule has 0 spiro atoms. The maximum Gasteiger partial charge on any atom is 0.0104 e. The van der Waals surface area contributed by atoms with Gasteiger partial charge in [0, 0.05) is 13.1 Å². The van der Waals surface area contributed by atoms with Crippen LogP contribution in [0.3, 0.4) is 0 Å². The van der Waals surface area contributed by atoms with E-state index < -0.39 is 0 Å². The molecule has 0 aromatic carbocycles. The zero-order valence-electron chi connectivity index (χ0n) is 6.19. The van der Waals surface area contributed by atoms with E-state index in [1.54, 1.807) is 0 Å². The molecule has 0 bridgehead atoms. The van der Waals surface area contributed by atoms with Crippen LogP contribution in [-0.2, 0) is 0 Å². The molecule has 0 aliphatic carbocycles. The number of likely N-dealkylation sites (N-methyl/N-ethyl adjacent to an activating group) is 1. The Morgan fingerprint density at radius 1 is 1.11 bits per heavy atom. The van der Waals surface area contributed by atoms with Crippen LogP contribution in [-0.4, -0.2) is 38.1 Å². The summed E-state index contributed by atoms with van der Waals surface area (Å²) in [6, 6.07) is 0. The lowest BCUT2D eigenvalue weighted by Crippen LogP contribution is -2.33. The van der Waals surface area contributed by atoms with Crippen LogP contribution in [0.4, 0.5) is 0 Å². The second-order valence-electron chi connectivity index (χ2n) is 2.76. The molecule has 2 nitrogen and oxygen atoms in total. The number of hydrogen-bond donors (Lipinski definition) is 1. The van der Waals surface area contributed by atoms with Gasteiger partial charge in [0.1, 0.15) is 0 Å². The van der Waals surface area contributed by atoms with Crippen molar-refractivity contribution >= 4 is 0 Å². The fourth-order valence-electron chi connectivity index (χ4n) is 1.14. The van der Waals surface area contributed by atoms with Gasteiger partial charge in [-0.2, -0.15) is 0 Å². The molecule has 2 heteroatoms. The van der Waals surface area contributed by atoms with E-state index >= 15 is 0 Å². The molecule has 54 valence electrons. The summed E-state index contributed by atoms with van der Waals surface area (Å²) in [5, 5.41) is 3.38. The Morgan fingerprint density at radius 3 is 2.89 bits per heavy atom. The molecule has 1 aliphatic rings. The van der Waals surface area contributed by atoms with Crippen molar-refractivity contribution in [2.75, 3.05) is 33.2 Å². The van der Waals surface area contributed by atoms with E-state index in [4.69, 9.17) is 0 Å². The number of nitrogens with zero attached hydrogens (tertiary/aromatic N) is 1. The predicted octanol–water partition coefficient (Wildman–Crippen LogP) is 0.302. The van der Waals surface area contributed by atoms with E-state index in [1.165, 1.54) is 32.5 Å². The fourth-order valence-corrected chi connectivity index (χ4v) is 1.14. The second kappa shape index (κ2) is 3.85. The molecule has 1 fully saturated rings. The topological polar surface area (TPSA) is 15.3 Å². The minimum atomic E-state index is 1.16. The summed E-state index contributed by atoms with van der Waals surface area (Å²) < 4.78 is 0. The second-order valence-corrected chi connectivity index (χ2v) is 2.76. The van der Waals surface area contributed by atoms with Gasteiger partial charge in [0.25, 0.3) is 0 Å². The third-order valence-electron chi connectivity index (χ3n) is 1.81. The molecular weight excluding hydrogens is 112 g/mol. The maximum atomic E-state index is 3.38. The molecule has 1 heterocycles. The van der Waals surface area contributed by atoms with Gasteiger partial charge in [-0.3, -0.25) is 0 Å². The molecule has 1 rings (SSSR count). The van der Waals surface area contributed by atoms with Crippen LogP contribution < -0.4 is 5.32 Å². The van der Waals surface area contributed by atoms with Crippen LogP contribution in [0.2, 0.25) is 0 Å². The van der Waals surface area contributed by atoms with Gasteiger partial charge in [-0.15, -0.1) is 0 Å². The Labute approximate surface area is 57.2 Å². The smallest absolute Gasteiger partial charge is 0.0104 e. The molecule has 0 aromatic rings. The standard InChI is InChI=1S/C7H16N2/c1-9-6-3-2-4-8-5-7-9/h8H,2-7H2,1H3. The summed E-state index contributed by atoms with van der Waals surface area (Å²) in [6.07, 6.45) is 2.69. The average Bonchev–Trinajstić information content (AvgIpc) is 1.79. The van der Waals surface area contributed by atoms with Gasteiger partial charge < -0.3 is 10.2 Å². The van der Waals surface area contributed by atoms with Gasteiger partial charge in [0.2, 0.25) is 0 Å². The minimum Gasteiger partial charge on any atom is -0.315 e. The summed E-state index contributed by atoms with van der Waals surface area (Å²) in [5.74, 6) is 0. The van der Waals surface area contributed by atoms with E-state index in [1.807, 2.05) is 0 Å². The van der Waals surface area contributed by atoms with Crippen LogP contribution in [0.5, 0.6) is 0 Å². The van der Waals surface area contributed by atoms with Crippen LogP contribution in [0, 0.1) is 0 Å². The largest absolute Gasteiger partial charge is 0.315 e. The highest BCUT2D eigenvalue weighted by molar-refractivity contribution is 4.59. The molecule has 9 heavy (non-hydrogen) atoms. The molecular formula is C7H16N2. The fraction of sp³-hybridized carbons (Fsp3) is 1.00. The first-order valence-corrected chi connectivity index (χ1v) is 3.79. The van der Waals surface area contributed by atoms with E-state index in [2.05, 4.69) is 17.3 Å². The van der Waals surface area contributed by atoms with Crippen molar-refractivity contribution < 1.29 is 0 Å². The van der Waals surface area contributed by atoms with Crippen LogP contribution in [0.15, 0.2) is 0 Å². The van der Waals surface area contributed by atoms with Crippen molar-refractivity contribution in [3.8, 4) is 0 Å². The van der Waals surface area contributed by atoms with Crippen molar-refractivity contribution in [3.63, 3.8) is 0 Å². The quantitative estimate of drug-likeness (QED) is 0.505. The molecule has 0 atom stereocenters. The van der Waals surface area contributed by atoms with Crippen molar-refractivity contribution in [2.24, 2.45) is 0 Å². The zero-order chi connectivity index (χ0) is 6.53. The van der Waals surface area contributed by atoms with Crippen LogP contribution in [0.25, 0.3) is 0 Å². The van der Waals surface area contributed by atoms with E-state index in [0.29, 0.717) is 0 Å². The summed E-state index contributed by atoms with van der Waals surface area (Å²) in [6.45, 7) is 4.87. The van der Waals surface area contributed by atoms with Gasteiger partial charge in [-0.25, -0.2) is 0 Å². The van der Waals surface area contributed by atoms with Crippen LogP contribution in [0.1, 0.15) is 12.8 Å². The Balaban J connectivity index is 2.12. The first kappa shape index (κ1) is 7.03. The number of nitrogens with one attached hydrogen (secondary N) is 1.